The molecule has 0 aliphatic carbocycles. The molecule has 1 fully saturated rings. The van der Waals surface area contributed by atoms with Crippen molar-refractivity contribution in [1.29, 1.82) is 0 Å². The number of anilines is 2. The van der Waals surface area contributed by atoms with Crippen LogP contribution < -0.4 is 10.2 Å². The van der Waals surface area contributed by atoms with Crippen molar-refractivity contribution in [3.05, 3.63) is 69.7 Å². The lowest BCUT2D eigenvalue weighted by atomic mass is 10.0. The summed E-state index contributed by atoms with van der Waals surface area (Å²) >= 11 is 7.40. The molecule has 4 rings (SSSR count). The highest BCUT2D eigenvalue weighted by molar-refractivity contribution is 7.15. The first-order valence-corrected chi connectivity index (χ1v) is 10.4. The van der Waals surface area contributed by atoms with Crippen LogP contribution in [0.4, 0.5) is 10.8 Å². The van der Waals surface area contributed by atoms with E-state index in [-0.39, 0.29) is 30.6 Å². The molecule has 1 N–H and O–H groups in total. The molecule has 2 heterocycles. The predicted molar refractivity (Wildman–Crippen MR) is 115 cm³/mol. The van der Waals surface area contributed by atoms with Crippen LogP contribution in [-0.2, 0) is 9.59 Å². The monoisotopic (exact) mass is 440 g/mol. The number of hydrogen-bond donors (Lipinski definition) is 1. The molecule has 1 atom stereocenters. The number of carbonyl (C=O) groups excluding carboxylic acids is 3. The Morgan fingerprint density at radius 1 is 1.17 bits per heavy atom. The minimum atomic E-state index is -0.558. The van der Waals surface area contributed by atoms with Gasteiger partial charge in [-0.1, -0.05) is 53.3 Å². The molecule has 1 aromatic heterocycles. The first-order valence-electron chi connectivity index (χ1n) is 9.23. The van der Waals surface area contributed by atoms with Gasteiger partial charge >= 0.3 is 0 Å². The molecule has 7 nitrogen and oxygen atoms in total. The first-order chi connectivity index (χ1) is 14.4. The van der Waals surface area contributed by atoms with E-state index in [1.807, 2.05) is 6.07 Å². The van der Waals surface area contributed by atoms with Gasteiger partial charge in [0.05, 0.1) is 11.6 Å². The van der Waals surface area contributed by atoms with Gasteiger partial charge in [0.25, 0.3) is 0 Å². The Kier molecular flexibility index (Phi) is 5.61. The number of halogens is 1. The fourth-order valence-electron chi connectivity index (χ4n) is 3.34. The molecule has 0 bridgehead atoms. The number of amides is 2. The summed E-state index contributed by atoms with van der Waals surface area (Å²) in [4.78, 5) is 39.8. The van der Waals surface area contributed by atoms with Gasteiger partial charge in [0.1, 0.15) is 5.01 Å². The van der Waals surface area contributed by atoms with E-state index in [0.717, 1.165) is 5.01 Å². The Bertz CT molecular complexity index is 1130. The lowest BCUT2D eigenvalue weighted by Gasteiger charge is -2.20. The van der Waals surface area contributed by atoms with Gasteiger partial charge in [0, 0.05) is 29.1 Å². The van der Waals surface area contributed by atoms with Crippen LogP contribution in [0.25, 0.3) is 0 Å². The highest BCUT2D eigenvalue weighted by Gasteiger charge is 2.37. The molecule has 2 amide bonds. The average Bonchev–Trinajstić information content (AvgIpc) is 3.33. The minimum Gasteiger partial charge on any atom is -0.311 e. The number of hydrogen-bond acceptors (Lipinski definition) is 6. The van der Waals surface area contributed by atoms with E-state index >= 15 is 0 Å². The molecule has 1 saturated heterocycles. The Balaban J connectivity index is 1.59. The van der Waals surface area contributed by atoms with Gasteiger partial charge < -0.3 is 10.2 Å². The topological polar surface area (TPSA) is 92.3 Å². The van der Waals surface area contributed by atoms with Crippen molar-refractivity contribution in [3.8, 4) is 0 Å². The van der Waals surface area contributed by atoms with E-state index in [4.69, 9.17) is 11.6 Å². The second kappa shape index (κ2) is 8.33. The summed E-state index contributed by atoms with van der Waals surface area (Å²) in [7, 11) is 0. The van der Waals surface area contributed by atoms with E-state index in [1.54, 1.807) is 49.4 Å². The molecule has 1 aliphatic rings. The van der Waals surface area contributed by atoms with Crippen molar-refractivity contribution in [2.24, 2.45) is 5.92 Å². The minimum absolute atomic E-state index is 0.0468. The van der Waals surface area contributed by atoms with Crippen LogP contribution in [-0.4, -0.2) is 34.3 Å². The van der Waals surface area contributed by atoms with Gasteiger partial charge in [-0.2, -0.15) is 0 Å². The third-order valence-electron chi connectivity index (χ3n) is 4.78. The summed E-state index contributed by atoms with van der Waals surface area (Å²) in [6.07, 6.45) is 0.0468. The maximum Gasteiger partial charge on any atom is 0.231 e. The smallest absolute Gasteiger partial charge is 0.231 e. The second-order valence-corrected chi connectivity index (χ2v) is 8.50. The molecule has 0 unspecified atom stereocenters. The normalized spacial score (nSPS) is 16.0. The second-order valence-electron chi connectivity index (χ2n) is 6.88. The number of aryl methyl sites for hydroxylation is 1. The van der Waals surface area contributed by atoms with Crippen LogP contribution in [0, 0.1) is 12.8 Å². The fourth-order valence-corrected chi connectivity index (χ4v) is 4.11. The zero-order valence-corrected chi connectivity index (χ0v) is 17.5. The molecule has 0 spiro atoms. The Labute approximate surface area is 181 Å². The van der Waals surface area contributed by atoms with E-state index < -0.39 is 5.92 Å². The van der Waals surface area contributed by atoms with Gasteiger partial charge in [-0.25, -0.2) is 0 Å². The Morgan fingerprint density at radius 2 is 1.93 bits per heavy atom. The van der Waals surface area contributed by atoms with Crippen LogP contribution in [0.1, 0.15) is 27.3 Å². The van der Waals surface area contributed by atoms with Crippen LogP contribution >= 0.6 is 22.9 Å². The summed E-state index contributed by atoms with van der Waals surface area (Å²) in [5.41, 5.74) is 1.26. The van der Waals surface area contributed by atoms with Gasteiger partial charge in [-0.15, -0.1) is 10.2 Å². The average molecular weight is 441 g/mol. The van der Waals surface area contributed by atoms with Gasteiger partial charge in [0.15, 0.2) is 5.78 Å². The van der Waals surface area contributed by atoms with Crippen LogP contribution in [0.5, 0.6) is 0 Å². The maximum absolute atomic E-state index is 13.1. The maximum atomic E-state index is 13.1. The number of benzene rings is 2. The van der Waals surface area contributed by atoms with Gasteiger partial charge in [-0.3, -0.25) is 14.4 Å². The highest BCUT2D eigenvalue weighted by atomic mass is 35.5. The van der Waals surface area contributed by atoms with Crippen molar-refractivity contribution >= 4 is 51.4 Å². The van der Waals surface area contributed by atoms with Crippen molar-refractivity contribution in [1.82, 2.24) is 10.2 Å². The molecule has 2 aromatic carbocycles. The number of rotatable bonds is 5. The Hall–Kier alpha value is -3.10. The van der Waals surface area contributed by atoms with Crippen molar-refractivity contribution in [2.45, 2.75) is 13.3 Å². The largest absolute Gasteiger partial charge is 0.311 e. The number of nitrogens with one attached hydrogen (secondary N) is 1. The third-order valence-corrected chi connectivity index (χ3v) is 5.77. The zero-order chi connectivity index (χ0) is 21.3. The Morgan fingerprint density at radius 3 is 2.63 bits per heavy atom. The summed E-state index contributed by atoms with van der Waals surface area (Å²) in [6, 6.07) is 13.6. The summed E-state index contributed by atoms with van der Waals surface area (Å²) in [5, 5.41) is 12.0. The number of aromatic nitrogens is 2. The molecule has 1 aliphatic heterocycles. The number of nitrogens with zero attached hydrogens (tertiary/aromatic N) is 3. The van der Waals surface area contributed by atoms with Crippen molar-refractivity contribution < 1.29 is 14.4 Å². The summed E-state index contributed by atoms with van der Waals surface area (Å²) < 4.78 is 0. The number of carbonyl (C=O) groups is 3. The summed E-state index contributed by atoms with van der Waals surface area (Å²) in [6.45, 7) is 1.96. The van der Waals surface area contributed by atoms with E-state index in [1.165, 1.54) is 16.2 Å². The molecular formula is C21H17ClN4O3S. The lowest BCUT2D eigenvalue weighted by Crippen LogP contribution is -2.29. The standard InChI is InChI=1S/C21H17ClN4O3S/c1-12-24-25-21(30-12)23-20(29)14-9-18(27)26(11-14)17-8-7-15(22)10-16(17)19(28)13-5-3-2-4-6-13/h2-8,10,14H,9,11H2,1H3,(H,23,25,29)/t14-/m1/s1. The fraction of sp³-hybridized carbons (Fsp3) is 0.190. The highest BCUT2D eigenvalue weighted by Crippen LogP contribution is 2.32. The SMILES string of the molecule is Cc1nnc(NC(=O)[C@@H]2CC(=O)N(c3ccc(Cl)cc3C(=O)c3ccccc3)C2)s1. The molecular weight excluding hydrogens is 424 g/mol. The molecule has 9 heteroatoms. The summed E-state index contributed by atoms with van der Waals surface area (Å²) in [5.74, 6) is -1.32. The molecule has 3 aromatic rings. The molecule has 152 valence electrons. The van der Waals surface area contributed by atoms with E-state index in [0.29, 0.717) is 27.0 Å². The number of ketones is 1. The van der Waals surface area contributed by atoms with Gasteiger partial charge in [0.2, 0.25) is 16.9 Å². The predicted octanol–water partition coefficient (Wildman–Crippen LogP) is 3.72. The third kappa shape index (κ3) is 4.10. The zero-order valence-electron chi connectivity index (χ0n) is 16.0. The van der Waals surface area contributed by atoms with Crippen molar-refractivity contribution in [2.75, 3.05) is 16.8 Å². The molecule has 30 heavy (non-hydrogen) atoms. The van der Waals surface area contributed by atoms with Crippen LogP contribution in [0.3, 0.4) is 0 Å². The van der Waals surface area contributed by atoms with Crippen LogP contribution in [0.15, 0.2) is 48.5 Å². The van der Waals surface area contributed by atoms with E-state index in [2.05, 4.69) is 15.5 Å². The quantitative estimate of drug-likeness (QED) is 0.610. The van der Waals surface area contributed by atoms with Crippen molar-refractivity contribution in [3.63, 3.8) is 0 Å². The van der Waals surface area contributed by atoms with E-state index in [9.17, 15) is 14.4 Å². The lowest BCUT2D eigenvalue weighted by molar-refractivity contribution is -0.122. The molecule has 0 radical (unpaired) electrons. The van der Waals surface area contributed by atoms with Gasteiger partial charge in [-0.05, 0) is 25.1 Å². The first kappa shape index (κ1) is 20.2. The molecule has 0 saturated carbocycles. The van der Waals surface area contributed by atoms with Crippen LogP contribution in [0.2, 0.25) is 5.02 Å².